The lowest BCUT2D eigenvalue weighted by Gasteiger charge is -2.26. The summed E-state index contributed by atoms with van der Waals surface area (Å²) in [6.07, 6.45) is -24.1. The van der Waals surface area contributed by atoms with Crippen molar-refractivity contribution < 1.29 is 52.7 Å². The Hall–Kier alpha value is -0.140. The van der Waals surface area contributed by atoms with E-state index in [0.717, 1.165) is 0 Å². The van der Waals surface area contributed by atoms with Crippen LogP contribution in [0, 0.1) is 0 Å². The van der Waals surface area contributed by atoms with Gasteiger partial charge in [-0.25, -0.2) is 0 Å². The standard InChI is InChI=1S/C6H2F12S2/c7-3(8,9)1(4(10,11)12)19-20-2(5(13,14)15)6(16,17)18/h1-2H. The van der Waals surface area contributed by atoms with Crippen LogP contribution in [0.2, 0.25) is 0 Å². The third-order valence-electron chi connectivity index (χ3n) is 1.44. The maximum atomic E-state index is 11.9. The first kappa shape index (κ1) is 19.9. The van der Waals surface area contributed by atoms with Crippen LogP contribution in [-0.4, -0.2) is 35.2 Å². The molecule has 0 bridgehead atoms. The molecule has 0 saturated carbocycles. The maximum absolute atomic E-state index is 11.9. The lowest BCUT2D eigenvalue weighted by molar-refractivity contribution is -0.226. The fraction of sp³-hybridized carbons (Fsp3) is 1.00. The van der Waals surface area contributed by atoms with Crippen molar-refractivity contribution in [3.05, 3.63) is 0 Å². The first-order chi connectivity index (χ1) is 8.47. The summed E-state index contributed by atoms with van der Waals surface area (Å²) >= 11 is 0. The van der Waals surface area contributed by atoms with E-state index in [1.165, 1.54) is 0 Å². The minimum absolute atomic E-state index is 1.58. The van der Waals surface area contributed by atoms with Gasteiger partial charge >= 0.3 is 24.7 Å². The van der Waals surface area contributed by atoms with Gasteiger partial charge in [-0.2, -0.15) is 52.7 Å². The molecule has 0 rings (SSSR count). The van der Waals surface area contributed by atoms with Crippen LogP contribution in [0.15, 0.2) is 0 Å². The molecular weight excluding hydrogens is 364 g/mol. The Labute approximate surface area is 110 Å². The molecule has 0 saturated heterocycles. The van der Waals surface area contributed by atoms with Crippen molar-refractivity contribution in [3.8, 4) is 0 Å². The molecule has 0 aliphatic rings. The second kappa shape index (κ2) is 5.93. The molecule has 0 unspecified atom stereocenters. The predicted molar refractivity (Wildman–Crippen MR) is 47.0 cm³/mol. The van der Waals surface area contributed by atoms with Gasteiger partial charge in [0.25, 0.3) is 0 Å². The predicted octanol–water partition coefficient (Wildman–Crippen LogP) is 5.35. The molecule has 0 aromatic carbocycles. The van der Waals surface area contributed by atoms with Gasteiger partial charge in [-0.1, -0.05) is 21.6 Å². The van der Waals surface area contributed by atoms with Crippen molar-refractivity contribution in [2.24, 2.45) is 0 Å². The van der Waals surface area contributed by atoms with E-state index in [-0.39, 0.29) is 0 Å². The smallest absolute Gasteiger partial charge is 0.169 e. The third kappa shape index (κ3) is 6.10. The molecule has 0 spiro atoms. The third-order valence-corrected chi connectivity index (χ3v) is 4.49. The quantitative estimate of drug-likeness (QED) is 0.488. The van der Waals surface area contributed by atoms with Crippen LogP contribution in [0.25, 0.3) is 0 Å². The average Bonchev–Trinajstić information content (AvgIpc) is 2.02. The molecule has 0 radical (unpaired) electrons. The molecule has 14 heteroatoms. The molecule has 122 valence electrons. The molecule has 0 amide bonds. The van der Waals surface area contributed by atoms with Gasteiger partial charge in [-0.3, -0.25) is 0 Å². The van der Waals surface area contributed by atoms with Crippen molar-refractivity contribution in [1.82, 2.24) is 0 Å². The SMILES string of the molecule is FC(F)(F)C(SSC(C(F)(F)F)C(F)(F)F)C(F)(F)F. The van der Waals surface area contributed by atoms with Gasteiger partial charge in [0.2, 0.25) is 10.5 Å². The zero-order valence-electron chi connectivity index (χ0n) is 8.51. The summed E-state index contributed by atoms with van der Waals surface area (Å²) in [7, 11) is -3.15. The van der Waals surface area contributed by atoms with Gasteiger partial charge in [0.15, 0.2) is 0 Å². The molecule has 0 aliphatic carbocycles. The first-order valence-electron chi connectivity index (χ1n) is 4.06. The molecule has 0 aromatic heterocycles. The summed E-state index contributed by atoms with van der Waals surface area (Å²) in [5, 5.41) is -8.71. The van der Waals surface area contributed by atoms with Gasteiger partial charge in [0.05, 0.1) is 0 Å². The Morgan fingerprint density at radius 3 is 0.650 bits per heavy atom. The molecule has 0 N–H and O–H groups in total. The number of alkyl halides is 12. The van der Waals surface area contributed by atoms with Gasteiger partial charge < -0.3 is 0 Å². The van der Waals surface area contributed by atoms with Crippen molar-refractivity contribution in [1.29, 1.82) is 0 Å². The van der Waals surface area contributed by atoms with Crippen LogP contribution in [0.5, 0.6) is 0 Å². The first-order valence-corrected chi connectivity index (χ1v) is 6.34. The summed E-state index contributed by atoms with van der Waals surface area (Å²) in [6, 6.07) is 0. The highest BCUT2D eigenvalue weighted by molar-refractivity contribution is 8.77. The topological polar surface area (TPSA) is 0 Å². The van der Waals surface area contributed by atoms with E-state index in [0.29, 0.717) is 0 Å². The van der Waals surface area contributed by atoms with Crippen LogP contribution in [0.3, 0.4) is 0 Å². The fourth-order valence-corrected chi connectivity index (χ4v) is 3.34. The second-order valence-electron chi connectivity index (χ2n) is 3.12. The van der Waals surface area contributed by atoms with Gasteiger partial charge in [0.1, 0.15) is 0 Å². The van der Waals surface area contributed by atoms with Crippen LogP contribution in [0.1, 0.15) is 0 Å². The Bertz CT molecular complexity index is 248. The largest absolute Gasteiger partial charge is 0.410 e. The van der Waals surface area contributed by atoms with E-state index in [9.17, 15) is 52.7 Å². The summed E-state index contributed by atoms with van der Waals surface area (Å²) in [5.41, 5.74) is 0. The maximum Gasteiger partial charge on any atom is 0.410 e. The zero-order valence-corrected chi connectivity index (χ0v) is 10.1. The van der Waals surface area contributed by atoms with E-state index < -0.39 is 56.8 Å². The normalized spacial score (nSPS) is 15.3. The van der Waals surface area contributed by atoms with Gasteiger partial charge in [0, 0.05) is 0 Å². The number of hydrogen-bond acceptors (Lipinski definition) is 2. The lowest BCUT2D eigenvalue weighted by Crippen LogP contribution is -2.42. The van der Waals surface area contributed by atoms with E-state index >= 15 is 0 Å². The van der Waals surface area contributed by atoms with E-state index in [2.05, 4.69) is 0 Å². The molecule has 0 fully saturated rings. The van der Waals surface area contributed by atoms with Crippen molar-refractivity contribution in [2.45, 2.75) is 35.2 Å². The zero-order chi connectivity index (χ0) is 16.6. The molecule has 0 atom stereocenters. The highest BCUT2D eigenvalue weighted by Crippen LogP contribution is 2.52. The molecular formula is C6H2F12S2. The Balaban J connectivity index is 5.10. The van der Waals surface area contributed by atoms with E-state index in [1.54, 1.807) is 0 Å². The van der Waals surface area contributed by atoms with Crippen LogP contribution >= 0.6 is 21.6 Å². The van der Waals surface area contributed by atoms with Crippen molar-refractivity contribution >= 4 is 21.6 Å². The highest BCUT2D eigenvalue weighted by Gasteiger charge is 2.62. The van der Waals surface area contributed by atoms with Crippen LogP contribution in [0.4, 0.5) is 52.7 Å². The fourth-order valence-electron chi connectivity index (χ4n) is 0.700. The average molecular weight is 366 g/mol. The Morgan fingerprint density at radius 2 is 0.550 bits per heavy atom. The summed E-state index contributed by atoms with van der Waals surface area (Å²) in [5.74, 6) is 0. The molecule has 0 aliphatic heterocycles. The van der Waals surface area contributed by atoms with Crippen LogP contribution in [-0.2, 0) is 0 Å². The van der Waals surface area contributed by atoms with Crippen LogP contribution < -0.4 is 0 Å². The van der Waals surface area contributed by atoms with E-state index in [4.69, 9.17) is 0 Å². The molecule has 0 nitrogen and oxygen atoms in total. The number of halogens is 12. The van der Waals surface area contributed by atoms with Gasteiger partial charge in [-0.05, 0) is 0 Å². The molecule has 20 heavy (non-hydrogen) atoms. The van der Waals surface area contributed by atoms with Crippen molar-refractivity contribution in [2.75, 3.05) is 0 Å². The Morgan fingerprint density at radius 1 is 0.400 bits per heavy atom. The number of hydrogen-bond donors (Lipinski definition) is 0. The van der Waals surface area contributed by atoms with Crippen molar-refractivity contribution in [3.63, 3.8) is 0 Å². The van der Waals surface area contributed by atoms with E-state index in [1.807, 2.05) is 0 Å². The summed E-state index contributed by atoms with van der Waals surface area (Å²) in [6.45, 7) is 0. The lowest BCUT2D eigenvalue weighted by atomic mass is 10.4. The molecule has 0 heterocycles. The highest BCUT2D eigenvalue weighted by atomic mass is 33.1. The van der Waals surface area contributed by atoms with Gasteiger partial charge in [-0.15, -0.1) is 0 Å². The minimum Gasteiger partial charge on any atom is -0.169 e. The summed E-state index contributed by atoms with van der Waals surface area (Å²) in [4.78, 5) is 0. The monoisotopic (exact) mass is 366 g/mol. The summed E-state index contributed by atoms with van der Waals surface area (Å²) < 4.78 is 143. The number of rotatable bonds is 3. The Kier molecular flexibility index (Phi) is 5.89. The minimum atomic E-state index is -6.03. The second-order valence-corrected chi connectivity index (χ2v) is 5.60. The molecule has 0 aromatic rings.